The Balaban J connectivity index is 2.89. The molecule has 14 heavy (non-hydrogen) atoms. The number of azide groups is 1. The molecule has 4 heteroatoms. The van der Waals surface area contributed by atoms with E-state index in [0.29, 0.717) is 0 Å². The van der Waals surface area contributed by atoms with Gasteiger partial charge in [-0.05, 0) is 30.5 Å². The van der Waals surface area contributed by atoms with Gasteiger partial charge in [0.05, 0.1) is 12.6 Å². The number of nitrogens with zero attached hydrogens (tertiary/aromatic N) is 3. The number of hydrogen-bond acceptors (Lipinski definition) is 2. The van der Waals surface area contributed by atoms with Gasteiger partial charge in [-0.2, -0.15) is 0 Å². The van der Waals surface area contributed by atoms with Crippen molar-refractivity contribution in [3.05, 3.63) is 45.3 Å². The highest BCUT2D eigenvalue weighted by atomic mass is 16.3. The Kier molecular flexibility index (Phi) is 3.51. The SMILES string of the molecule is Cc1ccc([C@H](O)CN=[N+]=[N-])c(C)c1. The van der Waals surface area contributed by atoms with E-state index in [4.69, 9.17) is 5.53 Å². The molecule has 0 unspecified atom stereocenters. The number of aliphatic hydroxyl groups excluding tert-OH is 1. The van der Waals surface area contributed by atoms with Crippen molar-refractivity contribution in [3.63, 3.8) is 0 Å². The van der Waals surface area contributed by atoms with Crippen LogP contribution in [0.4, 0.5) is 0 Å². The van der Waals surface area contributed by atoms with E-state index < -0.39 is 6.10 Å². The first-order valence-corrected chi connectivity index (χ1v) is 4.41. The summed E-state index contributed by atoms with van der Waals surface area (Å²) in [5.41, 5.74) is 11.1. The Labute approximate surface area is 82.8 Å². The maximum Gasteiger partial charge on any atom is 0.0848 e. The molecule has 0 saturated carbocycles. The summed E-state index contributed by atoms with van der Waals surface area (Å²) in [6, 6.07) is 5.79. The minimum Gasteiger partial charge on any atom is -0.388 e. The summed E-state index contributed by atoms with van der Waals surface area (Å²) in [7, 11) is 0. The summed E-state index contributed by atoms with van der Waals surface area (Å²) >= 11 is 0. The third-order valence-electron chi connectivity index (χ3n) is 2.10. The molecule has 0 fully saturated rings. The second-order valence-corrected chi connectivity index (χ2v) is 3.29. The normalized spacial score (nSPS) is 11.9. The van der Waals surface area contributed by atoms with Gasteiger partial charge < -0.3 is 5.11 Å². The molecule has 0 spiro atoms. The predicted octanol–water partition coefficient (Wildman–Crippen LogP) is 2.65. The number of aliphatic hydroxyl groups is 1. The molecule has 1 atom stereocenters. The van der Waals surface area contributed by atoms with E-state index in [2.05, 4.69) is 10.0 Å². The van der Waals surface area contributed by atoms with Crippen LogP contribution in [0.5, 0.6) is 0 Å². The van der Waals surface area contributed by atoms with Gasteiger partial charge in [-0.25, -0.2) is 0 Å². The zero-order chi connectivity index (χ0) is 10.6. The largest absolute Gasteiger partial charge is 0.388 e. The second-order valence-electron chi connectivity index (χ2n) is 3.29. The Morgan fingerprint density at radius 3 is 2.79 bits per heavy atom. The van der Waals surface area contributed by atoms with Gasteiger partial charge >= 0.3 is 0 Å². The fourth-order valence-electron chi connectivity index (χ4n) is 1.41. The quantitative estimate of drug-likeness (QED) is 0.445. The van der Waals surface area contributed by atoms with Crippen molar-refractivity contribution in [1.29, 1.82) is 0 Å². The highest BCUT2D eigenvalue weighted by molar-refractivity contribution is 5.32. The van der Waals surface area contributed by atoms with Crippen LogP contribution >= 0.6 is 0 Å². The van der Waals surface area contributed by atoms with Crippen LogP contribution in [0.1, 0.15) is 22.8 Å². The lowest BCUT2D eigenvalue weighted by Crippen LogP contribution is -2.03. The van der Waals surface area contributed by atoms with Crippen LogP contribution in [0, 0.1) is 13.8 Å². The Hall–Kier alpha value is -1.51. The molecule has 0 amide bonds. The Bertz CT molecular complexity index is 370. The van der Waals surface area contributed by atoms with Crippen molar-refractivity contribution in [2.24, 2.45) is 5.11 Å². The monoisotopic (exact) mass is 191 g/mol. The first-order chi connectivity index (χ1) is 6.65. The van der Waals surface area contributed by atoms with E-state index >= 15 is 0 Å². The van der Waals surface area contributed by atoms with Crippen LogP contribution < -0.4 is 0 Å². The van der Waals surface area contributed by atoms with E-state index in [1.54, 1.807) is 0 Å². The average molecular weight is 191 g/mol. The van der Waals surface area contributed by atoms with Gasteiger partial charge in [0.1, 0.15) is 0 Å². The van der Waals surface area contributed by atoms with Gasteiger partial charge in [-0.15, -0.1) is 0 Å². The third-order valence-corrected chi connectivity index (χ3v) is 2.10. The molecular weight excluding hydrogens is 178 g/mol. The van der Waals surface area contributed by atoms with Crippen LogP contribution in [0.3, 0.4) is 0 Å². The summed E-state index contributed by atoms with van der Waals surface area (Å²) < 4.78 is 0. The summed E-state index contributed by atoms with van der Waals surface area (Å²) in [6.07, 6.45) is -0.702. The molecule has 1 N–H and O–H groups in total. The molecular formula is C10H13N3O. The van der Waals surface area contributed by atoms with Gasteiger partial charge in [0.25, 0.3) is 0 Å². The van der Waals surface area contributed by atoms with Crippen LogP contribution in [-0.2, 0) is 0 Å². The molecule has 1 aromatic carbocycles. The van der Waals surface area contributed by atoms with Gasteiger partial charge in [0.2, 0.25) is 0 Å². The molecule has 0 aliphatic heterocycles. The molecule has 0 bridgehead atoms. The molecule has 0 saturated heterocycles. The zero-order valence-electron chi connectivity index (χ0n) is 8.31. The van der Waals surface area contributed by atoms with Crippen LogP contribution in [0.25, 0.3) is 10.4 Å². The summed E-state index contributed by atoms with van der Waals surface area (Å²) in [5.74, 6) is 0. The van der Waals surface area contributed by atoms with E-state index in [9.17, 15) is 5.11 Å². The molecule has 0 heterocycles. The second kappa shape index (κ2) is 4.65. The van der Waals surface area contributed by atoms with Crippen LogP contribution in [0.2, 0.25) is 0 Å². The summed E-state index contributed by atoms with van der Waals surface area (Å²) in [6.45, 7) is 4.01. The zero-order valence-corrected chi connectivity index (χ0v) is 8.31. The molecule has 4 nitrogen and oxygen atoms in total. The number of rotatable bonds is 3. The van der Waals surface area contributed by atoms with Crippen molar-refractivity contribution >= 4 is 0 Å². The fraction of sp³-hybridized carbons (Fsp3) is 0.400. The van der Waals surface area contributed by atoms with E-state index in [-0.39, 0.29) is 6.54 Å². The Morgan fingerprint density at radius 2 is 2.21 bits per heavy atom. The summed E-state index contributed by atoms with van der Waals surface area (Å²) in [4.78, 5) is 2.61. The molecule has 1 aromatic rings. The standard InChI is InChI=1S/C10H13N3O/c1-7-3-4-9(8(2)5-7)10(14)6-12-13-11/h3-5,10,14H,6H2,1-2H3/t10-/m1/s1. The van der Waals surface area contributed by atoms with E-state index in [1.807, 2.05) is 32.0 Å². The number of benzene rings is 1. The van der Waals surface area contributed by atoms with Crippen molar-refractivity contribution in [2.45, 2.75) is 20.0 Å². The first-order valence-electron chi connectivity index (χ1n) is 4.41. The molecule has 1 rings (SSSR count). The minimum absolute atomic E-state index is 0.0837. The average Bonchev–Trinajstić information content (AvgIpc) is 2.14. The van der Waals surface area contributed by atoms with Gasteiger partial charge in [0, 0.05) is 4.91 Å². The predicted molar refractivity (Wildman–Crippen MR) is 54.9 cm³/mol. The molecule has 0 radical (unpaired) electrons. The molecule has 74 valence electrons. The first kappa shape index (κ1) is 10.6. The van der Waals surface area contributed by atoms with Crippen molar-refractivity contribution < 1.29 is 5.11 Å². The molecule has 0 aliphatic rings. The topological polar surface area (TPSA) is 69.0 Å². The van der Waals surface area contributed by atoms with E-state index in [1.165, 1.54) is 0 Å². The number of aryl methyl sites for hydroxylation is 2. The van der Waals surface area contributed by atoms with E-state index in [0.717, 1.165) is 16.7 Å². The highest BCUT2D eigenvalue weighted by Gasteiger charge is 2.08. The number of hydrogen-bond donors (Lipinski definition) is 1. The van der Waals surface area contributed by atoms with Gasteiger partial charge in [0.15, 0.2) is 0 Å². The van der Waals surface area contributed by atoms with Crippen LogP contribution in [0.15, 0.2) is 23.3 Å². The minimum atomic E-state index is -0.702. The lowest BCUT2D eigenvalue weighted by molar-refractivity contribution is 0.186. The Morgan fingerprint density at radius 1 is 1.50 bits per heavy atom. The summed E-state index contributed by atoms with van der Waals surface area (Å²) in [5, 5.41) is 13.0. The van der Waals surface area contributed by atoms with Gasteiger partial charge in [-0.1, -0.05) is 28.9 Å². The highest BCUT2D eigenvalue weighted by Crippen LogP contribution is 2.18. The smallest absolute Gasteiger partial charge is 0.0848 e. The molecule has 0 aromatic heterocycles. The van der Waals surface area contributed by atoms with Crippen LogP contribution in [-0.4, -0.2) is 11.7 Å². The lowest BCUT2D eigenvalue weighted by Gasteiger charge is -2.11. The van der Waals surface area contributed by atoms with Gasteiger partial charge in [-0.3, -0.25) is 0 Å². The van der Waals surface area contributed by atoms with Crippen molar-refractivity contribution in [1.82, 2.24) is 0 Å². The third kappa shape index (κ3) is 2.49. The molecule has 0 aliphatic carbocycles. The lowest BCUT2D eigenvalue weighted by atomic mass is 10.0. The van der Waals surface area contributed by atoms with Crippen molar-refractivity contribution in [2.75, 3.05) is 6.54 Å². The van der Waals surface area contributed by atoms with Crippen molar-refractivity contribution in [3.8, 4) is 0 Å². The maximum absolute atomic E-state index is 9.66. The fourth-order valence-corrected chi connectivity index (χ4v) is 1.41. The maximum atomic E-state index is 9.66.